The van der Waals surface area contributed by atoms with E-state index in [1.807, 2.05) is 24.3 Å². The van der Waals surface area contributed by atoms with Gasteiger partial charge in [-0.15, -0.1) is 0 Å². The number of rotatable bonds is 5. The molecule has 0 aliphatic heterocycles. The Morgan fingerprint density at radius 3 is 1.93 bits per heavy atom. The normalized spacial score (nSPS) is 13.7. The largest absolute Gasteiger partial charge is 0.372 e. The van der Waals surface area contributed by atoms with E-state index in [1.165, 1.54) is 33.5 Å². The van der Waals surface area contributed by atoms with Crippen molar-refractivity contribution in [3.05, 3.63) is 77.4 Å². The zero-order valence-corrected chi connectivity index (χ0v) is 18.0. The first kappa shape index (κ1) is 19.4. The number of carbonyl (C=O) groups is 1. The Kier molecular flexibility index (Phi) is 4.82. The van der Waals surface area contributed by atoms with E-state index in [9.17, 15) is 4.79 Å². The number of fused-ring (bicyclic) bond motifs is 3. The molecule has 3 aromatic carbocycles. The summed E-state index contributed by atoms with van der Waals surface area (Å²) in [5, 5.41) is 0. The van der Waals surface area contributed by atoms with Crippen LogP contribution in [-0.4, -0.2) is 18.9 Å². The van der Waals surface area contributed by atoms with Crippen LogP contribution in [0, 0.1) is 0 Å². The monoisotopic (exact) mass is 383 g/mol. The van der Waals surface area contributed by atoms with Gasteiger partial charge < -0.3 is 4.90 Å². The lowest BCUT2D eigenvalue weighted by atomic mass is 9.81. The third-order valence-corrected chi connectivity index (χ3v) is 6.41. The van der Waals surface area contributed by atoms with Crippen LogP contribution in [0.2, 0.25) is 0 Å². The molecule has 0 bridgehead atoms. The van der Waals surface area contributed by atoms with E-state index >= 15 is 0 Å². The van der Waals surface area contributed by atoms with Gasteiger partial charge in [-0.1, -0.05) is 56.3 Å². The van der Waals surface area contributed by atoms with Gasteiger partial charge in [0.25, 0.3) is 0 Å². The maximum atomic E-state index is 11.6. The Balaban J connectivity index is 1.77. The summed E-state index contributed by atoms with van der Waals surface area (Å²) in [6.45, 7) is 12.7. The third kappa shape index (κ3) is 3.17. The number of hydrogen-bond donors (Lipinski definition) is 0. The second-order valence-corrected chi connectivity index (χ2v) is 8.42. The smallest absolute Gasteiger partial charge is 0.159 e. The summed E-state index contributed by atoms with van der Waals surface area (Å²) in [6, 6.07) is 21.6. The van der Waals surface area contributed by atoms with Crippen molar-refractivity contribution in [2.24, 2.45) is 0 Å². The predicted octanol–water partition coefficient (Wildman–Crippen LogP) is 6.71. The Labute approximate surface area is 174 Å². The number of benzene rings is 3. The SMILES string of the molecule is CCN(CC)c1ccc2c(c1)C(C)(C)c1cc(-c3ccc(C(C)=O)cc3)ccc1-2. The molecule has 2 heteroatoms. The molecule has 0 radical (unpaired) electrons. The fraction of sp³-hybridized carbons (Fsp3) is 0.296. The van der Waals surface area contributed by atoms with Crippen molar-refractivity contribution >= 4 is 11.5 Å². The van der Waals surface area contributed by atoms with E-state index in [0.717, 1.165) is 24.2 Å². The highest BCUT2D eigenvalue weighted by atomic mass is 16.1. The Morgan fingerprint density at radius 1 is 0.793 bits per heavy atom. The van der Waals surface area contributed by atoms with Gasteiger partial charge in [-0.3, -0.25) is 4.79 Å². The molecular formula is C27H29NO. The maximum absolute atomic E-state index is 11.6. The standard InChI is InChI=1S/C27H29NO/c1-6-28(7-2)22-13-15-24-23-14-12-21(16-25(23)27(4,5)26(24)17-22)20-10-8-19(9-11-20)18(3)29/h8-17H,6-7H2,1-5H3. The van der Waals surface area contributed by atoms with Crippen LogP contribution in [0.15, 0.2) is 60.7 Å². The average Bonchev–Trinajstić information content (AvgIpc) is 2.96. The van der Waals surface area contributed by atoms with Crippen molar-refractivity contribution in [2.45, 2.75) is 40.0 Å². The van der Waals surface area contributed by atoms with E-state index in [2.05, 4.69) is 69.0 Å². The molecule has 2 nitrogen and oxygen atoms in total. The van der Waals surface area contributed by atoms with Gasteiger partial charge in [-0.2, -0.15) is 0 Å². The molecule has 0 fully saturated rings. The van der Waals surface area contributed by atoms with Crippen LogP contribution in [0.1, 0.15) is 56.1 Å². The van der Waals surface area contributed by atoms with Gasteiger partial charge in [-0.05, 0) is 72.4 Å². The summed E-state index contributed by atoms with van der Waals surface area (Å²) >= 11 is 0. The van der Waals surface area contributed by atoms with Crippen LogP contribution in [0.4, 0.5) is 5.69 Å². The van der Waals surface area contributed by atoms with Crippen LogP contribution >= 0.6 is 0 Å². The molecule has 29 heavy (non-hydrogen) atoms. The molecular weight excluding hydrogens is 354 g/mol. The van der Waals surface area contributed by atoms with E-state index in [-0.39, 0.29) is 11.2 Å². The molecule has 0 saturated carbocycles. The van der Waals surface area contributed by atoms with Crippen LogP contribution < -0.4 is 4.90 Å². The number of hydrogen-bond acceptors (Lipinski definition) is 2. The quantitative estimate of drug-likeness (QED) is 0.456. The van der Waals surface area contributed by atoms with E-state index in [4.69, 9.17) is 0 Å². The van der Waals surface area contributed by atoms with Crippen LogP contribution in [0.25, 0.3) is 22.3 Å². The molecule has 0 amide bonds. The third-order valence-electron chi connectivity index (χ3n) is 6.41. The summed E-state index contributed by atoms with van der Waals surface area (Å²) < 4.78 is 0. The van der Waals surface area contributed by atoms with Crippen molar-refractivity contribution in [1.82, 2.24) is 0 Å². The topological polar surface area (TPSA) is 20.3 Å². The fourth-order valence-corrected chi connectivity index (χ4v) is 4.59. The van der Waals surface area contributed by atoms with E-state index < -0.39 is 0 Å². The highest BCUT2D eigenvalue weighted by Crippen LogP contribution is 2.50. The number of ketones is 1. The van der Waals surface area contributed by atoms with Crippen molar-refractivity contribution in [3.63, 3.8) is 0 Å². The minimum absolute atomic E-state index is 0.0385. The summed E-state index contributed by atoms with van der Waals surface area (Å²) in [7, 11) is 0. The molecule has 0 spiro atoms. The molecule has 148 valence electrons. The molecule has 0 saturated heterocycles. The second-order valence-electron chi connectivity index (χ2n) is 8.42. The zero-order valence-electron chi connectivity index (χ0n) is 18.0. The predicted molar refractivity (Wildman–Crippen MR) is 123 cm³/mol. The van der Waals surface area contributed by atoms with E-state index in [0.29, 0.717) is 0 Å². The van der Waals surface area contributed by atoms with Crippen LogP contribution in [0.5, 0.6) is 0 Å². The number of Topliss-reactive ketones (excluding diaryl/α,β-unsaturated/α-hetero) is 1. The molecule has 0 N–H and O–H groups in total. The molecule has 4 rings (SSSR count). The summed E-state index contributed by atoms with van der Waals surface area (Å²) in [4.78, 5) is 14.0. The molecule has 0 unspecified atom stereocenters. The minimum atomic E-state index is -0.0385. The molecule has 0 aromatic heterocycles. The molecule has 1 aliphatic carbocycles. The van der Waals surface area contributed by atoms with Gasteiger partial charge in [0, 0.05) is 29.8 Å². The molecule has 3 aromatic rings. The van der Waals surface area contributed by atoms with Gasteiger partial charge >= 0.3 is 0 Å². The Hall–Kier alpha value is -2.87. The Morgan fingerprint density at radius 2 is 1.34 bits per heavy atom. The first-order valence-corrected chi connectivity index (χ1v) is 10.5. The first-order chi connectivity index (χ1) is 13.9. The summed E-state index contributed by atoms with van der Waals surface area (Å²) in [6.07, 6.45) is 0. The maximum Gasteiger partial charge on any atom is 0.159 e. The van der Waals surface area contributed by atoms with E-state index in [1.54, 1.807) is 6.92 Å². The first-order valence-electron chi connectivity index (χ1n) is 10.5. The van der Waals surface area contributed by atoms with Gasteiger partial charge in [0.15, 0.2) is 5.78 Å². The van der Waals surface area contributed by atoms with Crippen molar-refractivity contribution in [1.29, 1.82) is 0 Å². The summed E-state index contributed by atoms with van der Waals surface area (Å²) in [5.41, 5.74) is 9.82. The fourth-order valence-electron chi connectivity index (χ4n) is 4.59. The lowest BCUT2D eigenvalue weighted by Gasteiger charge is -2.26. The highest BCUT2D eigenvalue weighted by molar-refractivity contribution is 5.94. The molecule has 0 heterocycles. The van der Waals surface area contributed by atoms with Crippen molar-refractivity contribution in [3.8, 4) is 22.3 Å². The van der Waals surface area contributed by atoms with Gasteiger partial charge in [-0.25, -0.2) is 0 Å². The average molecular weight is 384 g/mol. The Bertz CT molecular complexity index is 1070. The van der Waals surface area contributed by atoms with Gasteiger partial charge in [0.1, 0.15) is 0 Å². The van der Waals surface area contributed by atoms with Crippen molar-refractivity contribution < 1.29 is 4.79 Å². The zero-order chi connectivity index (χ0) is 20.8. The van der Waals surface area contributed by atoms with Crippen LogP contribution in [-0.2, 0) is 5.41 Å². The number of anilines is 1. The van der Waals surface area contributed by atoms with Gasteiger partial charge in [0.2, 0.25) is 0 Å². The lowest BCUT2D eigenvalue weighted by Crippen LogP contribution is -2.22. The van der Waals surface area contributed by atoms with Gasteiger partial charge in [0.05, 0.1) is 0 Å². The minimum Gasteiger partial charge on any atom is -0.372 e. The number of carbonyl (C=O) groups excluding carboxylic acids is 1. The number of nitrogens with zero attached hydrogens (tertiary/aromatic N) is 1. The second kappa shape index (κ2) is 7.18. The highest BCUT2D eigenvalue weighted by Gasteiger charge is 2.36. The lowest BCUT2D eigenvalue weighted by molar-refractivity contribution is 0.101. The summed E-state index contributed by atoms with van der Waals surface area (Å²) in [5.74, 6) is 0.103. The molecule has 0 atom stereocenters. The van der Waals surface area contributed by atoms with Crippen molar-refractivity contribution in [2.75, 3.05) is 18.0 Å². The molecule has 1 aliphatic rings. The van der Waals surface area contributed by atoms with Crippen LogP contribution in [0.3, 0.4) is 0 Å².